The van der Waals surface area contributed by atoms with Crippen LogP contribution in [0.15, 0.2) is 60.8 Å². The fraction of sp³-hybridized carbons (Fsp3) is 0.831. The molecule has 1 heterocycles. The molecule has 1 fully saturated rings. The van der Waals surface area contributed by atoms with Gasteiger partial charge in [-0.2, -0.15) is 0 Å². The number of aliphatic hydroxyl groups is 5. The van der Waals surface area contributed by atoms with E-state index in [0.717, 1.165) is 77.0 Å². The van der Waals surface area contributed by atoms with Crippen LogP contribution in [0.4, 0.5) is 0 Å². The van der Waals surface area contributed by atoms with Crippen LogP contribution < -0.4 is 5.32 Å². The number of hydrogen-bond donors (Lipinski definition) is 6. The number of nitrogens with one attached hydrogen (secondary N) is 1. The number of esters is 1. The number of amides is 1. The third kappa shape index (κ3) is 48.6. The van der Waals surface area contributed by atoms with Gasteiger partial charge in [0.05, 0.1) is 32.0 Å². The van der Waals surface area contributed by atoms with Gasteiger partial charge in [0, 0.05) is 12.8 Å². The van der Waals surface area contributed by atoms with Crippen LogP contribution in [0.1, 0.15) is 316 Å². The summed E-state index contributed by atoms with van der Waals surface area (Å²) in [5.74, 6) is -0.196. The Balaban J connectivity index is 1.95. The van der Waals surface area contributed by atoms with E-state index in [4.69, 9.17) is 14.2 Å². The van der Waals surface area contributed by atoms with E-state index >= 15 is 0 Å². The van der Waals surface area contributed by atoms with E-state index in [1.807, 2.05) is 6.08 Å². The quantitative estimate of drug-likeness (QED) is 0.0195. The Bertz CT molecular complexity index is 1550. The van der Waals surface area contributed by atoms with Gasteiger partial charge in [0.1, 0.15) is 24.4 Å². The summed E-state index contributed by atoms with van der Waals surface area (Å²) < 4.78 is 16.7. The number of rotatable bonds is 60. The predicted molar refractivity (Wildman–Crippen MR) is 343 cm³/mol. The van der Waals surface area contributed by atoms with Gasteiger partial charge in [-0.15, -0.1) is 0 Å². The first kappa shape index (κ1) is 77.4. The van der Waals surface area contributed by atoms with Gasteiger partial charge in [-0.25, -0.2) is 0 Å². The number of aliphatic hydroxyl groups excluding tert-OH is 5. The highest BCUT2D eigenvalue weighted by Crippen LogP contribution is 2.23. The molecule has 0 aromatic rings. The molecule has 1 aliphatic heterocycles. The fourth-order valence-corrected chi connectivity index (χ4v) is 10.6. The molecule has 1 amide bonds. The van der Waals surface area contributed by atoms with Crippen LogP contribution in [0.3, 0.4) is 0 Å². The van der Waals surface area contributed by atoms with Crippen molar-refractivity contribution in [2.24, 2.45) is 0 Å². The lowest BCUT2D eigenvalue weighted by Crippen LogP contribution is -2.60. The summed E-state index contributed by atoms with van der Waals surface area (Å²) >= 11 is 0. The zero-order valence-corrected chi connectivity index (χ0v) is 52.9. The SMILES string of the molecule is CCC/C=C/CC/C=C/CC/C=C/C(O)C(COC1OC(CO)C(O)C(O)C1O)NC(=O)CCCCCCCCCCCCCCCCCC/C=C\CCCCCCCCCCCCCCOC(=O)CCCCCCC/C=C\CCCC. The first-order chi connectivity index (χ1) is 40.2. The van der Waals surface area contributed by atoms with Crippen LogP contribution >= 0.6 is 0 Å². The molecule has 0 spiro atoms. The van der Waals surface area contributed by atoms with Gasteiger partial charge in [-0.1, -0.05) is 267 Å². The molecule has 11 nitrogen and oxygen atoms in total. The van der Waals surface area contributed by atoms with Gasteiger partial charge in [0.2, 0.25) is 5.91 Å². The van der Waals surface area contributed by atoms with E-state index < -0.39 is 49.5 Å². The molecule has 1 aliphatic rings. The lowest BCUT2D eigenvalue weighted by Gasteiger charge is -2.40. The summed E-state index contributed by atoms with van der Waals surface area (Å²) in [6, 6.07) is -0.833. The molecule has 0 bridgehead atoms. The molecule has 1 saturated heterocycles. The molecule has 6 N–H and O–H groups in total. The van der Waals surface area contributed by atoms with Crippen LogP contribution in [0.5, 0.6) is 0 Å². The molecule has 0 radical (unpaired) electrons. The van der Waals surface area contributed by atoms with Crippen molar-refractivity contribution < 1.29 is 49.3 Å². The van der Waals surface area contributed by atoms with Gasteiger partial charge in [-0.05, 0) is 96.3 Å². The average Bonchev–Trinajstić information content (AvgIpc) is 3.68. The van der Waals surface area contributed by atoms with Gasteiger partial charge in [0.25, 0.3) is 0 Å². The lowest BCUT2D eigenvalue weighted by atomic mass is 9.99. The molecule has 1 rings (SSSR count). The summed E-state index contributed by atoms with van der Waals surface area (Å²) in [6.45, 7) is 4.23. The number of ether oxygens (including phenoxy) is 3. The van der Waals surface area contributed by atoms with E-state index in [0.29, 0.717) is 19.4 Å². The molecule has 0 aliphatic carbocycles. The summed E-state index contributed by atoms with van der Waals surface area (Å²) in [5, 5.41) is 54.3. The zero-order valence-electron chi connectivity index (χ0n) is 52.9. The summed E-state index contributed by atoms with van der Waals surface area (Å²) in [7, 11) is 0. The van der Waals surface area contributed by atoms with Crippen molar-refractivity contribution in [3.63, 3.8) is 0 Å². The predicted octanol–water partition coefficient (Wildman–Crippen LogP) is 17.3. The van der Waals surface area contributed by atoms with Crippen LogP contribution in [0, 0.1) is 0 Å². The zero-order chi connectivity index (χ0) is 59.5. The van der Waals surface area contributed by atoms with Crippen molar-refractivity contribution in [3.8, 4) is 0 Å². The largest absolute Gasteiger partial charge is 0.466 e. The molecule has 82 heavy (non-hydrogen) atoms. The van der Waals surface area contributed by atoms with Crippen molar-refractivity contribution in [1.29, 1.82) is 0 Å². The summed E-state index contributed by atoms with van der Waals surface area (Å²) in [5.41, 5.74) is 0. The highest BCUT2D eigenvalue weighted by atomic mass is 16.7. The summed E-state index contributed by atoms with van der Waals surface area (Å²) in [6.07, 6.45) is 69.4. The Morgan fingerprint density at radius 2 is 0.817 bits per heavy atom. The Labute approximate surface area is 503 Å². The Kier molecular flexibility index (Phi) is 56.7. The molecule has 0 saturated carbocycles. The average molecular weight is 1160 g/mol. The van der Waals surface area contributed by atoms with E-state index in [1.165, 1.54) is 212 Å². The van der Waals surface area contributed by atoms with Crippen molar-refractivity contribution in [3.05, 3.63) is 60.8 Å². The lowest BCUT2D eigenvalue weighted by molar-refractivity contribution is -0.302. The van der Waals surface area contributed by atoms with Crippen molar-refractivity contribution in [2.75, 3.05) is 19.8 Å². The fourth-order valence-electron chi connectivity index (χ4n) is 10.6. The second-order valence-corrected chi connectivity index (χ2v) is 23.8. The minimum absolute atomic E-state index is 0.00130. The molecule has 0 aromatic carbocycles. The van der Waals surface area contributed by atoms with E-state index in [9.17, 15) is 35.1 Å². The summed E-state index contributed by atoms with van der Waals surface area (Å²) in [4.78, 5) is 25.0. The third-order valence-corrected chi connectivity index (χ3v) is 16.0. The highest BCUT2D eigenvalue weighted by molar-refractivity contribution is 5.76. The maximum Gasteiger partial charge on any atom is 0.305 e. The number of carbonyl (C=O) groups is 2. The minimum Gasteiger partial charge on any atom is -0.466 e. The third-order valence-electron chi connectivity index (χ3n) is 16.0. The monoisotopic (exact) mass is 1160 g/mol. The van der Waals surface area contributed by atoms with E-state index in [-0.39, 0.29) is 18.5 Å². The van der Waals surface area contributed by atoms with Crippen molar-refractivity contribution in [2.45, 2.75) is 358 Å². The number of unbranched alkanes of at least 4 members (excludes halogenated alkanes) is 38. The number of hydrogen-bond acceptors (Lipinski definition) is 10. The molecule has 7 unspecified atom stereocenters. The molecule has 11 heteroatoms. The Morgan fingerprint density at radius 3 is 1.26 bits per heavy atom. The van der Waals surface area contributed by atoms with Gasteiger partial charge < -0.3 is 45.1 Å². The Hall–Kier alpha value is -2.64. The maximum absolute atomic E-state index is 13.0. The molecule has 478 valence electrons. The molecular weight excluding hydrogens is 1030 g/mol. The van der Waals surface area contributed by atoms with E-state index in [1.54, 1.807) is 6.08 Å². The topological polar surface area (TPSA) is 175 Å². The maximum atomic E-state index is 13.0. The molecule has 0 aromatic heterocycles. The standard InChI is InChI=1S/C71H129NO10/c1-3-5-7-9-11-13-37-41-45-49-53-57-64(74)63(62-81-71-70(79)69(78)68(77)65(61-73)82-71)72-66(75)58-54-50-46-42-39-35-33-31-29-27-25-23-21-19-17-15-16-18-20-22-24-26-28-30-32-34-36-40-44-48-52-56-60-80-67(76)59-55-51-47-43-38-14-12-10-8-6-4-2/h7,9-10,12,18,20,37,41,53,57,63-65,68-71,73-74,77-79H,3-6,8,11,13-17,19,21-36,38-40,42-52,54-56,58-62H2,1-2H3,(H,72,75)/b9-7+,12-10-,20-18-,41-37+,57-53+. The van der Waals surface area contributed by atoms with Gasteiger partial charge in [-0.3, -0.25) is 9.59 Å². The number of allylic oxidation sites excluding steroid dienone is 9. The highest BCUT2D eigenvalue weighted by Gasteiger charge is 2.44. The molecular formula is C71H129NO10. The first-order valence-electron chi connectivity index (χ1n) is 34.6. The van der Waals surface area contributed by atoms with E-state index in [2.05, 4.69) is 67.8 Å². The van der Waals surface area contributed by atoms with Crippen LogP contribution in [-0.2, 0) is 23.8 Å². The van der Waals surface area contributed by atoms with Crippen molar-refractivity contribution >= 4 is 11.9 Å². The minimum atomic E-state index is -1.58. The van der Waals surface area contributed by atoms with Crippen LogP contribution in [0.2, 0.25) is 0 Å². The van der Waals surface area contributed by atoms with Gasteiger partial charge >= 0.3 is 5.97 Å². The molecule has 7 atom stereocenters. The van der Waals surface area contributed by atoms with Gasteiger partial charge in [0.15, 0.2) is 6.29 Å². The van der Waals surface area contributed by atoms with Crippen molar-refractivity contribution in [1.82, 2.24) is 5.32 Å². The van der Waals surface area contributed by atoms with Crippen LogP contribution in [-0.4, -0.2) is 100 Å². The normalized spacial score (nSPS) is 18.5. The smallest absolute Gasteiger partial charge is 0.305 e. The van der Waals surface area contributed by atoms with Crippen LogP contribution in [0.25, 0.3) is 0 Å². The first-order valence-corrected chi connectivity index (χ1v) is 34.6. The number of carbonyl (C=O) groups excluding carboxylic acids is 2. The second-order valence-electron chi connectivity index (χ2n) is 23.8. The second kappa shape index (κ2) is 60.1. The Morgan fingerprint density at radius 1 is 0.439 bits per heavy atom.